The number of amides is 5. The number of carbonyl (C=O) groups is 4. The van der Waals surface area contributed by atoms with Crippen LogP contribution in [0.25, 0.3) is 21.8 Å². The molecule has 0 aliphatic carbocycles. The zero-order chi connectivity index (χ0) is 32.8. The van der Waals surface area contributed by atoms with Gasteiger partial charge in [-0.2, -0.15) is 0 Å². The Morgan fingerprint density at radius 2 is 1.33 bits per heavy atom. The number of hydrogen-bond donors (Lipinski definition) is 7. The van der Waals surface area contributed by atoms with Crippen LogP contribution >= 0.6 is 0 Å². The van der Waals surface area contributed by atoms with Crippen LogP contribution in [-0.4, -0.2) is 63.8 Å². The molecule has 0 spiro atoms. The van der Waals surface area contributed by atoms with Crippen LogP contribution in [-0.2, 0) is 27.2 Å². The highest BCUT2D eigenvalue weighted by Gasteiger charge is 2.35. The average molecular weight is 618 g/mol. The standard InChI is InChI=1S/C33H43N7O5/c1-7-34-30(43)39-27(17-21-19-36-25-15-11-9-13-23(21)25)38-28(41)26(16-20-18-35-24-14-10-8-12-22(20)24)37-29(42)33(5,6)40-31(44)45-32(2,3)4/h8-15,18-19,26-27,35-36H,7,16-17H2,1-6H3,(H,37,42)(H,38,41)(H,40,44)(H2,34,39,43)/t26-,27-/m1/s1. The third-order valence-corrected chi connectivity index (χ3v) is 7.16. The lowest BCUT2D eigenvalue weighted by molar-refractivity contribution is -0.132. The Morgan fingerprint density at radius 1 is 0.778 bits per heavy atom. The first kappa shape index (κ1) is 32.9. The van der Waals surface area contributed by atoms with Crippen molar-refractivity contribution >= 4 is 45.7 Å². The van der Waals surface area contributed by atoms with E-state index in [-0.39, 0.29) is 12.8 Å². The highest BCUT2D eigenvalue weighted by molar-refractivity contribution is 5.94. The van der Waals surface area contributed by atoms with Crippen molar-refractivity contribution in [2.24, 2.45) is 0 Å². The zero-order valence-corrected chi connectivity index (χ0v) is 26.6. The molecular formula is C33H43N7O5. The van der Waals surface area contributed by atoms with E-state index in [9.17, 15) is 19.2 Å². The van der Waals surface area contributed by atoms with Crippen LogP contribution in [0.5, 0.6) is 0 Å². The molecule has 12 heteroatoms. The summed E-state index contributed by atoms with van der Waals surface area (Å²) < 4.78 is 5.34. The van der Waals surface area contributed by atoms with Gasteiger partial charge in [0.15, 0.2) is 0 Å². The number of benzene rings is 2. The fraction of sp³-hybridized carbons (Fsp3) is 0.394. The molecule has 45 heavy (non-hydrogen) atoms. The summed E-state index contributed by atoms with van der Waals surface area (Å²) in [6, 6.07) is 13.9. The Bertz CT molecular complexity index is 1670. The molecule has 12 nitrogen and oxygen atoms in total. The summed E-state index contributed by atoms with van der Waals surface area (Å²) in [4.78, 5) is 59.1. The largest absolute Gasteiger partial charge is 0.444 e. The average Bonchev–Trinajstić information content (AvgIpc) is 3.55. The van der Waals surface area contributed by atoms with Gasteiger partial charge in [-0.25, -0.2) is 9.59 Å². The normalized spacial score (nSPS) is 13.1. The predicted molar refractivity (Wildman–Crippen MR) is 174 cm³/mol. The van der Waals surface area contributed by atoms with E-state index in [1.165, 1.54) is 13.8 Å². The molecular weight excluding hydrogens is 574 g/mol. The van der Waals surface area contributed by atoms with Gasteiger partial charge in [0.05, 0.1) is 0 Å². The van der Waals surface area contributed by atoms with Gasteiger partial charge in [-0.15, -0.1) is 0 Å². The van der Waals surface area contributed by atoms with Gasteiger partial charge in [-0.1, -0.05) is 36.4 Å². The second-order valence-corrected chi connectivity index (χ2v) is 12.5. The van der Waals surface area contributed by atoms with E-state index in [0.29, 0.717) is 6.54 Å². The number of aromatic amines is 2. The van der Waals surface area contributed by atoms with Crippen LogP contribution in [0.4, 0.5) is 9.59 Å². The van der Waals surface area contributed by atoms with Crippen molar-refractivity contribution in [1.29, 1.82) is 0 Å². The Hall–Kier alpha value is -5.00. The fourth-order valence-corrected chi connectivity index (χ4v) is 4.98. The molecule has 2 heterocycles. The number of para-hydroxylation sites is 2. The number of carbonyl (C=O) groups excluding carboxylic acids is 4. The van der Waals surface area contributed by atoms with E-state index in [2.05, 4.69) is 36.6 Å². The van der Waals surface area contributed by atoms with E-state index in [0.717, 1.165) is 32.9 Å². The number of fused-ring (bicyclic) bond motifs is 2. The Morgan fingerprint density at radius 3 is 1.89 bits per heavy atom. The molecule has 5 amide bonds. The van der Waals surface area contributed by atoms with Crippen molar-refractivity contribution in [1.82, 2.24) is 36.6 Å². The first-order valence-corrected chi connectivity index (χ1v) is 15.0. The fourth-order valence-electron chi connectivity index (χ4n) is 4.98. The van der Waals surface area contributed by atoms with E-state index in [1.54, 1.807) is 33.9 Å². The second kappa shape index (κ2) is 13.7. The molecule has 0 saturated carbocycles. The van der Waals surface area contributed by atoms with Crippen LogP contribution in [0, 0.1) is 0 Å². The van der Waals surface area contributed by atoms with E-state index in [4.69, 9.17) is 4.74 Å². The van der Waals surface area contributed by atoms with Crippen molar-refractivity contribution in [2.45, 2.75) is 77.7 Å². The SMILES string of the molecule is CCNC(=O)N[C@H](Cc1c[nH]c2ccccc12)NC(=O)[C@@H](Cc1c[nH]c2ccccc12)NC(=O)C(C)(C)NC(=O)OC(C)(C)C. The molecule has 2 atom stereocenters. The van der Waals surface area contributed by atoms with Gasteiger partial charge in [0.2, 0.25) is 11.8 Å². The molecule has 0 aliphatic heterocycles. The van der Waals surface area contributed by atoms with E-state index < -0.39 is 47.3 Å². The lowest BCUT2D eigenvalue weighted by Gasteiger charge is -2.30. The lowest BCUT2D eigenvalue weighted by atomic mass is 10.0. The predicted octanol–water partition coefficient (Wildman–Crippen LogP) is 3.98. The first-order chi connectivity index (χ1) is 21.3. The monoisotopic (exact) mass is 617 g/mol. The summed E-state index contributed by atoms with van der Waals surface area (Å²) >= 11 is 0. The van der Waals surface area contributed by atoms with Gasteiger partial charge < -0.3 is 41.3 Å². The number of alkyl carbamates (subject to hydrolysis) is 1. The summed E-state index contributed by atoms with van der Waals surface area (Å²) in [7, 11) is 0. The summed E-state index contributed by atoms with van der Waals surface area (Å²) in [6.07, 6.45) is 2.51. The Balaban J connectivity index is 1.59. The van der Waals surface area contributed by atoms with Gasteiger partial charge >= 0.3 is 12.1 Å². The third-order valence-electron chi connectivity index (χ3n) is 7.16. The van der Waals surface area contributed by atoms with Crippen molar-refractivity contribution in [3.05, 3.63) is 72.1 Å². The molecule has 0 unspecified atom stereocenters. The summed E-state index contributed by atoms with van der Waals surface area (Å²) in [6.45, 7) is 10.4. The molecule has 0 saturated heterocycles. The van der Waals surface area contributed by atoms with Crippen molar-refractivity contribution < 1.29 is 23.9 Å². The topological polar surface area (TPSA) is 169 Å². The van der Waals surface area contributed by atoms with Crippen molar-refractivity contribution in [2.75, 3.05) is 6.54 Å². The molecule has 0 fully saturated rings. The highest BCUT2D eigenvalue weighted by atomic mass is 16.6. The number of rotatable bonds is 11. The van der Waals surface area contributed by atoms with Crippen LogP contribution in [0.15, 0.2) is 60.9 Å². The van der Waals surface area contributed by atoms with Gasteiger partial charge in [-0.05, 0) is 64.8 Å². The molecule has 4 aromatic rings. The van der Waals surface area contributed by atoms with E-state index in [1.807, 2.05) is 54.7 Å². The third kappa shape index (κ3) is 8.78. The van der Waals surface area contributed by atoms with Crippen LogP contribution in [0.1, 0.15) is 52.7 Å². The maximum atomic E-state index is 14.0. The molecule has 0 radical (unpaired) electrons. The summed E-state index contributed by atoms with van der Waals surface area (Å²) in [5.74, 6) is -1.10. The molecule has 2 aromatic carbocycles. The number of aromatic nitrogens is 2. The van der Waals surface area contributed by atoms with Crippen molar-refractivity contribution in [3.63, 3.8) is 0 Å². The maximum Gasteiger partial charge on any atom is 0.408 e. The van der Waals surface area contributed by atoms with Crippen LogP contribution in [0.2, 0.25) is 0 Å². The minimum Gasteiger partial charge on any atom is -0.444 e. The summed E-state index contributed by atoms with van der Waals surface area (Å²) in [5, 5.41) is 15.8. The number of H-pyrrole nitrogens is 2. The van der Waals surface area contributed by atoms with Gasteiger partial charge in [0.1, 0.15) is 23.3 Å². The van der Waals surface area contributed by atoms with Gasteiger partial charge in [0, 0.05) is 53.6 Å². The Kier molecular flexibility index (Phi) is 10.1. The molecule has 7 N–H and O–H groups in total. The molecule has 240 valence electrons. The molecule has 2 aromatic heterocycles. The minimum atomic E-state index is -1.41. The Labute approximate surface area is 262 Å². The van der Waals surface area contributed by atoms with Gasteiger partial charge in [0.25, 0.3) is 0 Å². The maximum absolute atomic E-state index is 14.0. The summed E-state index contributed by atoms with van der Waals surface area (Å²) in [5.41, 5.74) is 1.36. The number of hydrogen-bond acceptors (Lipinski definition) is 5. The smallest absolute Gasteiger partial charge is 0.408 e. The van der Waals surface area contributed by atoms with E-state index >= 15 is 0 Å². The number of urea groups is 1. The second-order valence-electron chi connectivity index (χ2n) is 12.5. The minimum absolute atomic E-state index is 0.144. The van der Waals surface area contributed by atoms with Gasteiger partial charge in [-0.3, -0.25) is 9.59 Å². The van der Waals surface area contributed by atoms with Crippen LogP contribution in [0.3, 0.4) is 0 Å². The quantitative estimate of drug-likeness (QED) is 0.126. The van der Waals surface area contributed by atoms with Crippen molar-refractivity contribution in [3.8, 4) is 0 Å². The first-order valence-electron chi connectivity index (χ1n) is 15.0. The number of nitrogens with one attached hydrogen (secondary N) is 7. The molecule has 0 bridgehead atoms. The zero-order valence-electron chi connectivity index (χ0n) is 26.6. The molecule has 4 rings (SSSR count). The molecule has 0 aliphatic rings. The number of ether oxygens (including phenoxy) is 1. The highest BCUT2D eigenvalue weighted by Crippen LogP contribution is 2.21. The lowest BCUT2D eigenvalue weighted by Crippen LogP contribution is -2.61. The van der Waals surface area contributed by atoms with Crippen LogP contribution < -0.4 is 26.6 Å².